The summed E-state index contributed by atoms with van der Waals surface area (Å²) in [6.07, 6.45) is 8.87. The van der Waals surface area contributed by atoms with Crippen molar-refractivity contribution in [1.29, 1.82) is 0 Å². The third-order valence-electron chi connectivity index (χ3n) is 5.90. The maximum absolute atomic E-state index is 13.1. The number of carbonyl (C=O) groups excluding carboxylic acids is 2. The van der Waals surface area contributed by atoms with Gasteiger partial charge in [0.05, 0.1) is 12.7 Å². The minimum Gasteiger partial charge on any atom is -0.443 e. The van der Waals surface area contributed by atoms with E-state index in [1.54, 1.807) is 11.1 Å². The lowest BCUT2D eigenvalue weighted by atomic mass is 10.0. The van der Waals surface area contributed by atoms with Gasteiger partial charge in [-0.3, -0.25) is 9.59 Å². The van der Waals surface area contributed by atoms with E-state index in [4.69, 9.17) is 4.42 Å². The van der Waals surface area contributed by atoms with Gasteiger partial charge in [0, 0.05) is 25.9 Å². The summed E-state index contributed by atoms with van der Waals surface area (Å²) in [7, 11) is 0. The fraction of sp³-hybridized carbons (Fsp3) is 0.522. The number of piperidine rings is 1. The molecule has 0 unspecified atom stereocenters. The van der Waals surface area contributed by atoms with Crippen LogP contribution in [-0.2, 0) is 16.0 Å². The van der Waals surface area contributed by atoms with Gasteiger partial charge in [-0.25, -0.2) is 4.98 Å². The number of amides is 2. The highest BCUT2D eigenvalue weighted by Gasteiger charge is 2.33. The van der Waals surface area contributed by atoms with Crippen LogP contribution < -0.4 is 0 Å². The molecule has 4 rings (SSSR count). The van der Waals surface area contributed by atoms with Crippen molar-refractivity contribution in [3.8, 4) is 0 Å². The Morgan fingerprint density at radius 2 is 1.90 bits per heavy atom. The maximum Gasteiger partial charge on any atom is 0.242 e. The summed E-state index contributed by atoms with van der Waals surface area (Å²) < 4.78 is 6.05. The molecule has 2 amide bonds. The second kappa shape index (κ2) is 9.25. The molecule has 154 valence electrons. The van der Waals surface area contributed by atoms with Crippen LogP contribution in [0.3, 0.4) is 0 Å². The molecule has 0 aliphatic carbocycles. The zero-order chi connectivity index (χ0) is 20.1. The summed E-state index contributed by atoms with van der Waals surface area (Å²) in [6, 6.07) is 10.0. The monoisotopic (exact) mass is 395 g/mol. The molecule has 29 heavy (non-hydrogen) atoms. The van der Waals surface area contributed by atoms with E-state index < -0.39 is 0 Å². The summed E-state index contributed by atoms with van der Waals surface area (Å²) in [5.41, 5.74) is 1.17. The molecule has 6 heteroatoms. The van der Waals surface area contributed by atoms with Gasteiger partial charge in [0.2, 0.25) is 17.7 Å². The first-order valence-corrected chi connectivity index (χ1v) is 10.8. The van der Waals surface area contributed by atoms with Gasteiger partial charge >= 0.3 is 0 Å². The molecular weight excluding hydrogens is 366 g/mol. The van der Waals surface area contributed by atoms with Crippen molar-refractivity contribution in [3.05, 3.63) is 53.7 Å². The van der Waals surface area contributed by atoms with Crippen molar-refractivity contribution < 1.29 is 14.0 Å². The Labute approximate surface area is 171 Å². The van der Waals surface area contributed by atoms with Crippen LogP contribution in [0.15, 0.2) is 40.9 Å². The molecular formula is C23H29N3O3. The van der Waals surface area contributed by atoms with Crippen LogP contribution in [0, 0.1) is 0 Å². The quantitative estimate of drug-likeness (QED) is 0.774. The second-order valence-corrected chi connectivity index (χ2v) is 8.05. The van der Waals surface area contributed by atoms with Gasteiger partial charge in [-0.15, -0.1) is 0 Å². The Bertz CT molecular complexity index is 833. The Morgan fingerprint density at radius 1 is 1.07 bits per heavy atom. The maximum atomic E-state index is 13.1. The fourth-order valence-corrected chi connectivity index (χ4v) is 4.30. The molecule has 3 heterocycles. The summed E-state index contributed by atoms with van der Waals surface area (Å²) in [5, 5.41) is 0. The van der Waals surface area contributed by atoms with Gasteiger partial charge in [0.15, 0.2) is 0 Å². The Kier molecular flexibility index (Phi) is 6.27. The molecule has 2 fully saturated rings. The van der Waals surface area contributed by atoms with Crippen LogP contribution in [0.5, 0.6) is 0 Å². The zero-order valence-electron chi connectivity index (χ0n) is 16.9. The molecule has 2 aliphatic heterocycles. The molecule has 0 spiro atoms. The molecule has 0 radical (unpaired) electrons. The molecule has 0 bridgehead atoms. The Hall–Kier alpha value is -2.63. The summed E-state index contributed by atoms with van der Waals surface area (Å²) in [6.45, 7) is 1.55. The van der Waals surface area contributed by atoms with Gasteiger partial charge in [-0.1, -0.05) is 36.8 Å². The molecule has 0 N–H and O–H groups in total. The summed E-state index contributed by atoms with van der Waals surface area (Å²) in [4.78, 5) is 33.5. The molecule has 2 aliphatic rings. The number of rotatable bonds is 5. The fourth-order valence-electron chi connectivity index (χ4n) is 4.30. The van der Waals surface area contributed by atoms with E-state index in [1.807, 2.05) is 23.1 Å². The zero-order valence-corrected chi connectivity index (χ0v) is 16.9. The van der Waals surface area contributed by atoms with E-state index in [-0.39, 0.29) is 24.4 Å². The number of aromatic nitrogens is 1. The van der Waals surface area contributed by atoms with Crippen molar-refractivity contribution in [2.24, 2.45) is 0 Å². The number of hydrogen-bond acceptors (Lipinski definition) is 4. The first-order chi connectivity index (χ1) is 14.2. The number of likely N-dealkylation sites (tertiary alicyclic amines) is 2. The largest absolute Gasteiger partial charge is 0.443 e. The first-order valence-electron chi connectivity index (χ1n) is 10.8. The van der Waals surface area contributed by atoms with E-state index >= 15 is 0 Å². The van der Waals surface area contributed by atoms with Crippen LogP contribution in [0.1, 0.15) is 68.2 Å². The topological polar surface area (TPSA) is 66.7 Å². The standard InChI is InChI=1S/C23H29N3O3/c27-21-12-5-2-7-13-25(21)17-22(28)26-14-8-6-11-20(26)23-24-16-19(29-23)15-18-9-3-1-4-10-18/h1,3-4,9-10,16,20H,2,5-8,11-15,17H2/t20-/m1/s1. The van der Waals surface area contributed by atoms with Gasteiger partial charge in [0.25, 0.3) is 0 Å². The predicted molar refractivity (Wildman–Crippen MR) is 109 cm³/mol. The molecule has 1 aromatic carbocycles. The third kappa shape index (κ3) is 4.86. The highest BCUT2D eigenvalue weighted by Crippen LogP contribution is 2.31. The molecule has 1 atom stereocenters. The number of benzene rings is 1. The number of oxazole rings is 1. The second-order valence-electron chi connectivity index (χ2n) is 8.05. The Morgan fingerprint density at radius 3 is 2.76 bits per heavy atom. The molecule has 2 saturated heterocycles. The predicted octanol–water partition coefficient (Wildman–Crippen LogP) is 3.72. The first kappa shape index (κ1) is 19.7. The number of hydrogen-bond donors (Lipinski definition) is 0. The smallest absolute Gasteiger partial charge is 0.242 e. The summed E-state index contributed by atoms with van der Waals surface area (Å²) >= 11 is 0. The molecule has 2 aromatic rings. The van der Waals surface area contributed by atoms with E-state index in [2.05, 4.69) is 17.1 Å². The molecule has 6 nitrogen and oxygen atoms in total. The average molecular weight is 396 g/mol. The highest BCUT2D eigenvalue weighted by molar-refractivity contribution is 5.85. The summed E-state index contributed by atoms with van der Waals surface area (Å²) in [5.74, 6) is 1.54. The van der Waals surface area contributed by atoms with Crippen LogP contribution >= 0.6 is 0 Å². The van der Waals surface area contributed by atoms with Crippen LogP contribution in [0.4, 0.5) is 0 Å². The SMILES string of the molecule is O=C1CCCCCN1CC(=O)N1CCCC[C@@H]1c1ncc(Cc2ccccc2)o1. The van der Waals surface area contributed by atoms with Gasteiger partial charge in [-0.2, -0.15) is 0 Å². The van der Waals surface area contributed by atoms with E-state index in [1.165, 1.54) is 5.56 Å². The lowest BCUT2D eigenvalue weighted by Gasteiger charge is -2.35. The lowest BCUT2D eigenvalue weighted by molar-refractivity contribution is -0.143. The van der Waals surface area contributed by atoms with Crippen LogP contribution in [0.2, 0.25) is 0 Å². The number of nitrogens with zero attached hydrogens (tertiary/aromatic N) is 3. The molecule has 0 saturated carbocycles. The Balaban J connectivity index is 1.44. The van der Waals surface area contributed by atoms with Crippen molar-refractivity contribution in [2.45, 2.75) is 57.4 Å². The van der Waals surface area contributed by atoms with Gasteiger partial charge in [-0.05, 0) is 37.7 Å². The minimum atomic E-state index is -0.136. The van der Waals surface area contributed by atoms with Crippen molar-refractivity contribution >= 4 is 11.8 Å². The van der Waals surface area contributed by atoms with E-state index in [0.717, 1.165) is 44.3 Å². The number of carbonyl (C=O) groups is 2. The third-order valence-corrected chi connectivity index (χ3v) is 5.90. The average Bonchev–Trinajstić information content (AvgIpc) is 3.12. The van der Waals surface area contributed by atoms with Crippen molar-refractivity contribution in [1.82, 2.24) is 14.8 Å². The highest BCUT2D eigenvalue weighted by atomic mass is 16.4. The van der Waals surface area contributed by atoms with Crippen molar-refractivity contribution in [2.75, 3.05) is 19.6 Å². The van der Waals surface area contributed by atoms with Crippen LogP contribution in [0.25, 0.3) is 0 Å². The van der Waals surface area contributed by atoms with Gasteiger partial charge in [0.1, 0.15) is 11.8 Å². The van der Waals surface area contributed by atoms with Crippen molar-refractivity contribution in [3.63, 3.8) is 0 Å². The normalized spacial score (nSPS) is 20.6. The molecule has 1 aromatic heterocycles. The lowest BCUT2D eigenvalue weighted by Crippen LogP contribution is -2.46. The van der Waals surface area contributed by atoms with Gasteiger partial charge < -0.3 is 14.2 Å². The van der Waals surface area contributed by atoms with E-state index in [9.17, 15) is 9.59 Å². The van der Waals surface area contributed by atoms with Crippen LogP contribution in [-0.4, -0.2) is 46.2 Å². The van der Waals surface area contributed by atoms with E-state index in [0.29, 0.717) is 31.8 Å². The minimum absolute atomic E-state index is 0.00718.